The highest BCUT2D eigenvalue weighted by Gasteiger charge is 2.38. The molecule has 0 bridgehead atoms. The van der Waals surface area contributed by atoms with Gasteiger partial charge in [0.2, 0.25) is 0 Å². The number of hydrogen-bond acceptors (Lipinski definition) is 1. The first-order valence-corrected chi connectivity index (χ1v) is 20.0. The summed E-state index contributed by atoms with van der Waals surface area (Å²) in [7, 11) is 0. The fourth-order valence-electron chi connectivity index (χ4n) is 8.67. The molecule has 1 heterocycles. The zero-order valence-electron chi connectivity index (χ0n) is 34.1. The van der Waals surface area contributed by atoms with Crippen molar-refractivity contribution in [3.63, 3.8) is 0 Å². The lowest BCUT2D eigenvalue weighted by molar-refractivity contribution is 0.121. The van der Waals surface area contributed by atoms with Crippen molar-refractivity contribution in [3.8, 4) is 0 Å². The second-order valence-electron chi connectivity index (χ2n) is 16.6. The Bertz CT molecular complexity index is 1660. The molecule has 0 aromatic heterocycles. The largest absolute Gasteiger partial charge is 0.293 e. The third-order valence-corrected chi connectivity index (χ3v) is 12.8. The molecule has 278 valence electrons. The molecule has 1 aromatic rings. The summed E-state index contributed by atoms with van der Waals surface area (Å²) in [5.74, 6) is 2.53. The van der Waals surface area contributed by atoms with E-state index >= 15 is 0 Å². The van der Waals surface area contributed by atoms with Gasteiger partial charge in [0.25, 0.3) is 0 Å². The summed E-state index contributed by atoms with van der Waals surface area (Å²) in [6, 6.07) is 7.29. The van der Waals surface area contributed by atoms with Crippen LogP contribution in [0.5, 0.6) is 0 Å². The van der Waals surface area contributed by atoms with Crippen molar-refractivity contribution in [1.29, 1.82) is 0 Å². The highest BCUT2D eigenvalue weighted by Crippen LogP contribution is 2.47. The molecule has 7 unspecified atom stereocenters. The van der Waals surface area contributed by atoms with E-state index in [2.05, 4.69) is 184 Å². The van der Waals surface area contributed by atoms with Crippen molar-refractivity contribution in [2.45, 2.75) is 100 Å². The van der Waals surface area contributed by atoms with E-state index in [1.54, 1.807) is 5.57 Å². The lowest BCUT2D eigenvalue weighted by Crippen LogP contribution is -2.47. The van der Waals surface area contributed by atoms with E-state index in [1.165, 1.54) is 39.8 Å². The van der Waals surface area contributed by atoms with Gasteiger partial charge in [-0.2, -0.15) is 0 Å². The second kappa shape index (κ2) is 18.9. The van der Waals surface area contributed by atoms with Crippen LogP contribution in [0.4, 0.5) is 0 Å². The van der Waals surface area contributed by atoms with Crippen molar-refractivity contribution >= 4 is 12.2 Å². The topological polar surface area (TPSA) is 3.24 Å². The molecule has 0 N–H and O–H groups in total. The van der Waals surface area contributed by atoms with Crippen LogP contribution in [0.3, 0.4) is 0 Å². The predicted molar refractivity (Wildman–Crippen MR) is 232 cm³/mol. The summed E-state index contributed by atoms with van der Waals surface area (Å²) < 4.78 is 0. The van der Waals surface area contributed by atoms with Crippen LogP contribution in [0.2, 0.25) is 0 Å². The van der Waals surface area contributed by atoms with Gasteiger partial charge in [-0.25, -0.2) is 0 Å². The van der Waals surface area contributed by atoms with E-state index in [0.29, 0.717) is 41.7 Å². The second-order valence-corrected chi connectivity index (χ2v) is 16.6. The van der Waals surface area contributed by atoms with E-state index in [0.717, 1.165) is 25.8 Å². The van der Waals surface area contributed by atoms with Crippen LogP contribution in [0, 0.1) is 47.8 Å². The van der Waals surface area contributed by atoms with Gasteiger partial charge in [-0.3, -0.25) is 4.90 Å². The Morgan fingerprint density at radius 2 is 1.65 bits per heavy atom. The Hall–Kier alpha value is -3.68. The predicted octanol–water partition coefficient (Wildman–Crippen LogP) is 13.9. The van der Waals surface area contributed by atoms with Gasteiger partial charge in [-0.15, -0.1) is 13.2 Å². The van der Waals surface area contributed by atoms with Crippen LogP contribution in [0.1, 0.15) is 97.8 Å². The van der Waals surface area contributed by atoms with Crippen molar-refractivity contribution in [2.24, 2.45) is 40.9 Å². The van der Waals surface area contributed by atoms with Gasteiger partial charge >= 0.3 is 0 Å². The van der Waals surface area contributed by atoms with Gasteiger partial charge in [0.15, 0.2) is 0 Å². The van der Waals surface area contributed by atoms with Crippen molar-refractivity contribution in [2.75, 3.05) is 6.54 Å². The number of benzene rings is 1. The molecule has 8 atom stereocenters. The lowest BCUT2D eigenvalue weighted by atomic mass is 9.66. The maximum atomic E-state index is 4.12. The molecule has 1 aliphatic heterocycles. The van der Waals surface area contributed by atoms with Crippen LogP contribution in [0.25, 0.3) is 12.2 Å². The van der Waals surface area contributed by atoms with Crippen LogP contribution >= 0.6 is 0 Å². The quantitative estimate of drug-likeness (QED) is 0.208. The molecule has 0 saturated carbocycles. The van der Waals surface area contributed by atoms with Gasteiger partial charge in [0.1, 0.15) is 0 Å². The molecule has 0 radical (unpaired) electrons. The van der Waals surface area contributed by atoms with Crippen LogP contribution < -0.4 is 0 Å². The summed E-state index contributed by atoms with van der Waals surface area (Å²) in [6.07, 6.45) is 39.0. The third-order valence-electron chi connectivity index (χ3n) is 12.8. The monoisotopic (exact) mass is 696 g/mol. The smallest absolute Gasteiger partial charge is 0.0322 e. The Balaban J connectivity index is 1.53. The van der Waals surface area contributed by atoms with Gasteiger partial charge in [-0.1, -0.05) is 162 Å². The number of rotatable bonds is 11. The maximum absolute atomic E-state index is 4.12. The summed E-state index contributed by atoms with van der Waals surface area (Å²) in [6.45, 7) is 34.7. The van der Waals surface area contributed by atoms with Gasteiger partial charge in [0, 0.05) is 30.5 Å². The van der Waals surface area contributed by atoms with Crippen molar-refractivity contribution in [1.82, 2.24) is 4.90 Å². The molecular weight excluding hydrogens is 627 g/mol. The zero-order chi connectivity index (χ0) is 38.0. The van der Waals surface area contributed by atoms with Gasteiger partial charge < -0.3 is 0 Å². The molecule has 2 aliphatic carbocycles. The summed E-state index contributed by atoms with van der Waals surface area (Å²) in [5, 5.41) is 0. The Labute approximate surface area is 319 Å². The molecule has 0 spiro atoms. The molecule has 3 aliphatic rings. The first-order chi connectivity index (χ1) is 24.8. The molecule has 1 aromatic carbocycles. The molecule has 1 heteroatoms. The molecule has 1 nitrogen and oxygen atoms in total. The average molecular weight is 696 g/mol. The number of nitrogens with zero attached hydrogens (tertiary/aromatic N) is 1. The first-order valence-electron chi connectivity index (χ1n) is 20.0. The van der Waals surface area contributed by atoms with E-state index < -0.39 is 0 Å². The third kappa shape index (κ3) is 10.0. The molecule has 52 heavy (non-hydrogen) atoms. The van der Waals surface area contributed by atoms with E-state index in [9.17, 15) is 0 Å². The van der Waals surface area contributed by atoms with E-state index in [1.807, 2.05) is 12.2 Å². The molecule has 0 amide bonds. The minimum Gasteiger partial charge on any atom is -0.293 e. The number of allylic oxidation sites excluding steroid dienone is 13. The molecule has 0 saturated heterocycles. The highest BCUT2D eigenvalue weighted by atomic mass is 15.2. The Kier molecular flexibility index (Phi) is 14.9. The minimum absolute atomic E-state index is 0.116. The first kappa shape index (κ1) is 41.1. The highest BCUT2D eigenvalue weighted by molar-refractivity contribution is 5.64. The van der Waals surface area contributed by atoms with Crippen LogP contribution in [0.15, 0.2) is 139 Å². The average Bonchev–Trinajstić information content (AvgIpc) is 3.19. The zero-order valence-corrected chi connectivity index (χ0v) is 34.1. The van der Waals surface area contributed by atoms with Crippen molar-refractivity contribution in [3.05, 3.63) is 156 Å². The van der Waals surface area contributed by atoms with Crippen LogP contribution in [-0.4, -0.2) is 23.5 Å². The van der Waals surface area contributed by atoms with E-state index in [4.69, 9.17) is 0 Å². The maximum Gasteiger partial charge on any atom is 0.0322 e. The SMILES string of the molecule is C=Cc1cccc(/C=C\C2=CC(C)CN(C3C=CC4=C(C3)C(C)(C)[C@@H](C)CC(C/C=C\C(C=C)C(C=C)/C=C\C)/C=C\C4)C(C)C(C)/C(C)=C/2)c1C. The summed E-state index contributed by atoms with van der Waals surface area (Å²) in [4.78, 5) is 2.82. The van der Waals surface area contributed by atoms with Crippen molar-refractivity contribution < 1.29 is 0 Å². The lowest BCUT2D eigenvalue weighted by Gasteiger charge is -2.44. The van der Waals surface area contributed by atoms with Crippen LogP contribution in [-0.2, 0) is 0 Å². The number of hydrogen-bond donors (Lipinski definition) is 0. The summed E-state index contributed by atoms with van der Waals surface area (Å²) >= 11 is 0. The van der Waals surface area contributed by atoms with Gasteiger partial charge in [0.05, 0.1) is 0 Å². The Morgan fingerprint density at radius 3 is 2.35 bits per heavy atom. The Morgan fingerprint density at radius 1 is 0.942 bits per heavy atom. The summed E-state index contributed by atoms with van der Waals surface area (Å²) in [5.41, 5.74) is 9.79. The fourth-order valence-corrected chi connectivity index (χ4v) is 8.67. The molecule has 0 fully saturated rings. The molecular formula is C51H69N. The normalized spacial score (nSPS) is 30.2. The van der Waals surface area contributed by atoms with Gasteiger partial charge in [-0.05, 0) is 110 Å². The fraction of sp³-hybridized carbons (Fsp3) is 0.451. The molecule has 4 rings (SSSR count). The minimum atomic E-state index is 0.116. The van der Waals surface area contributed by atoms with E-state index in [-0.39, 0.29) is 11.3 Å². The standard InChI is InChI=1S/C51H69N/c1-13-20-45(15-3)46(16-4)24-17-21-42-22-18-26-48-29-30-49(34-50(48)51(11,12)38(7)33-42)52-35-36(5)31-43(32-37(6)39(8)41(52)10)27-28-47-25-19-23-44(14-2)40(47)9/h13-20,22-25,27-32,36,38-39,41-42,45-46,49H,2-4,21,26,33-35H2,1,5-12H3/b20-13-,22-18-,24-17-,28-27-,37-32+,43-31?/t36?,38-,39?,41?,42?,45?,46?,49?/m0/s1.